The Bertz CT molecular complexity index is 332. The van der Waals surface area contributed by atoms with Crippen molar-refractivity contribution in [2.75, 3.05) is 13.1 Å². The van der Waals surface area contributed by atoms with Crippen molar-refractivity contribution in [3.63, 3.8) is 0 Å². The molecule has 0 aromatic heterocycles. The lowest BCUT2D eigenvalue weighted by molar-refractivity contribution is 0.264. The van der Waals surface area contributed by atoms with Gasteiger partial charge in [0.15, 0.2) is 0 Å². The Hall–Kier alpha value is -0.380. The number of rotatable bonds is 2. The van der Waals surface area contributed by atoms with Crippen LogP contribution >= 0.6 is 15.9 Å². The molecule has 2 nitrogen and oxygen atoms in total. The molecule has 0 amide bonds. The van der Waals surface area contributed by atoms with Gasteiger partial charge in [-0.15, -0.1) is 0 Å². The lowest BCUT2D eigenvalue weighted by atomic mass is 9.82. The van der Waals surface area contributed by atoms with E-state index in [1.54, 1.807) is 0 Å². The van der Waals surface area contributed by atoms with Crippen molar-refractivity contribution >= 4 is 15.9 Å². The van der Waals surface area contributed by atoms with Crippen molar-refractivity contribution in [2.24, 2.45) is 5.73 Å². The van der Waals surface area contributed by atoms with Gasteiger partial charge in [0.2, 0.25) is 0 Å². The Morgan fingerprint density at radius 2 is 2.13 bits per heavy atom. The van der Waals surface area contributed by atoms with Crippen LogP contribution in [0, 0.1) is 0 Å². The zero-order chi connectivity index (χ0) is 10.7. The van der Waals surface area contributed by atoms with Crippen LogP contribution in [0.5, 0.6) is 0 Å². The van der Waals surface area contributed by atoms with Crippen molar-refractivity contribution < 1.29 is 0 Å². The van der Waals surface area contributed by atoms with Gasteiger partial charge in [0.25, 0.3) is 0 Å². The molecule has 1 aliphatic rings. The van der Waals surface area contributed by atoms with E-state index < -0.39 is 0 Å². The van der Waals surface area contributed by atoms with Crippen molar-refractivity contribution in [3.05, 3.63) is 34.3 Å². The number of benzene rings is 1. The Balaban J connectivity index is 2.36. The molecule has 0 spiro atoms. The van der Waals surface area contributed by atoms with Crippen molar-refractivity contribution in [1.29, 1.82) is 0 Å². The molecule has 3 N–H and O–H groups in total. The summed E-state index contributed by atoms with van der Waals surface area (Å²) in [5, 5.41) is 3.58. The number of nitrogens with two attached hydrogens (primary N) is 1. The summed E-state index contributed by atoms with van der Waals surface area (Å²) < 4.78 is 1.16. The van der Waals surface area contributed by atoms with Crippen LogP contribution in [-0.2, 0) is 5.54 Å². The molecular formula is C12H17BrN2. The van der Waals surface area contributed by atoms with E-state index in [0.29, 0.717) is 6.54 Å². The molecule has 1 aromatic rings. The minimum Gasteiger partial charge on any atom is -0.328 e. The standard InChI is InChI=1S/C12H17BrN2/c13-11-6-2-1-5-10(11)12(9-14)7-3-4-8-15-12/h1-2,5-6,15H,3-4,7-9,14H2. The SMILES string of the molecule is NCC1(c2ccccc2Br)CCCCN1. The molecule has 3 heteroatoms. The van der Waals surface area contributed by atoms with Gasteiger partial charge in [0.1, 0.15) is 0 Å². The molecule has 2 rings (SSSR count). The molecule has 1 saturated heterocycles. The third-order valence-electron chi connectivity index (χ3n) is 3.23. The van der Waals surface area contributed by atoms with Gasteiger partial charge in [-0.25, -0.2) is 0 Å². The van der Waals surface area contributed by atoms with Crippen LogP contribution in [0.4, 0.5) is 0 Å². The molecule has 1 aliphatic heterocycles. The molecular weight excluding hydrogens is 252 g/mol. The first-order valence-corrected chi connectivity index (χ1v) is 6.28. The topological polar surface area (TPSA) is 38.0 Å². The molecule has 82 valence electrons. The van der Waals surface area contributed by atoms with Crippen LogP contribution < -0.4 is 11.1 Å². The monoisotopic (exact) mass is 268 g/mol. The maximum atomic E-state index is 5.96. The van der Waals surface area contributed by atoms with Crippen LogP contribution in [0.1, 0.15) is 24.8 Å². The lowest BCUT2D eigenvalue weighted by Crippen LogP contribution is -2.51. The van der Waals surface area contributed by atoms with Crippen molar-refractivity contribution in [2.45, 2.75) is 24.8 Å². The zero-order valence-electron chi connectivity index (χ0n) is 8.80. The van der Waals surface area contributed by atoms with E-state index >= 15 is 0 Å². The van der Waals surface area contributed by atoms with Gasteiger partial charge in [0, 0.05) is 11.0 Å². The molecule has 1 aromatic carbocycles. The van der Waals surface area contributed by atoms with Gasteiger partial charge < -0.3 is 11.1 Å². The van der Waals surface area contributed by atoms with Gasteiger partial charge >= 0.3 is 0 Å². The van der Waals surface area contributed by atoms with E-state index in [-0.39, 0.29) is 5.54 Å². The Morgan fingerprint density at radius 3 is 2.73 bits per heavy atom. The molecule has 1 atom stereocenters. The van der Waals surface area contributed by atoms with Crippen LogP contribution in [-0.4, -0.2) is 13.1 Å². The van der Waals surface area contributed by atoms with Gasteiger partial charge in [-0.1, -0.05) is 34.1 Å². The third kappa shape index (κ3) is 2.10. The normalized spacial score (nSPS) is 26.5. The largest absolute Gasteiger partial charge is 0.328 e. The first-order valence-electron chi connectivity index (χ1n) is 5.49. The summed E-state index contributed by atoms with van der Waals surface area (Å²) in [4.78, 5) is 0. The number of hydrogen-bond acceptors (Lipinski definition) is 2. The molecule has 1 fully saturated rings. The first-order chi connectivity index (χ1) is 7.28. The fourth-order valence-electron chi connectivity index (χ4n) is 2.33. The molecule has 0 aliphatic carbocycles. The Morgan fingerprint density at radius 1 is 1.33 bits per heavy atom. The van der Waals surface area contributed by atoms with Gasteiger partial charge in [-0.2, -0.15) is 0 Å². The van der Waals surface area contributed by atoms with E-state index in [0.717, 1.165) is 17.4 Å². The second-order valence-electron chi connectivity index (χ2n) is 4.15. The average Bonchev–Trinajstić information content (AvgIpc) is 2.30. The third-order valence-corrected chi connectivity index (χ3v) is 3.92. The number of hydrogen-bond donors (Lipinski definition) is 2. The minimum atomic E-state index is -0.0155. The average molecular weight is 269 g/mol. The van der Waals surface area contributed by atoms with Crippen molar-refractivity contribution in [3.8, 4) is 0 Å². The highest BCUT2D eigenvalue weighted by Gasteiger charge is 2.33. The first kappa shape index (κ1) is 11.1. The summed E-state index contributed by atoms with van der Waals surface area (Å²) >= 11 is 3.61. The smallest absolute Gasteiger partial charge is 0.0569 e. The van der Waals surface area contributed by atoms with E-state index in [9.17, 15) is 0 Å². The predicted octanol–water partition coefficient (Wildman–Crippen LogP) is 2.38. The molecule has 0 saturated carbocycles. The number of nitrogens with one attached hydrogen (secondary N) is 1. The number of halogens is 1. The van der Waals surface area contributed by atoms with Gasteiger partial charge in [0.05, 0.1) is 5.54 Å². The maximum Gasteiger partial charge on any atom is 0.0569 e. The van der Waals surface area contributed by atoms with Crippen molar-refractivity contribution in [1.82, 2.24) is 5.32 Å². The lowest BCUT2D eigenvalue weighted by Gasteiger charge is -2.38. The van der Waals surface area contributed by atoms with Crippen LogP contribution in [0.25, 0.3) is 0 Å². The van der Waals surface area contributed by atoms with Crippen LogP contribution in [0.2, 0.25) is 0 Å². The highest BCUT2D eigenvalue weighted by molar-refractivity contribution is 9.10. The fraction of sp³-hybridized carbons (Fsp3) is 0.500. The second kappa shape index (κ2) is 4.64. The molecule has 1 unspecified atom stereocenters. The maximum absolute atomic E-state index is 5.96. The predicted molar refractivity (Wildman–Crippen MR) is 66.7 cm³/mol. The molecule has 1 heterocycles. The molecule has 15 heavy (non-hydrogen) atoms. The van der Waals surface area contributed by atoms with Gasteiger partial charge in [-0.3, -0.25) is 0 Å². The molecule has 0 radical (unpaired) electrons. The summed E-state index contributed by atoms with van der Waals surface area (Å²) in [6.07, 6.45) is 3.64. The summed E-state index contributed by atoms with van der Waals surface area (Å²) in [5.41, 5.74) is 7.24. The summed E-state index contributed by atoms with van der Waals surface area (Å²) in [6.45, 7) is 1.73. The second-order valence-corrected chi connectivity index (χ2v) is 5.00. The number of piperidine rings is 1. The van der Waals surface area contributed by atoms with Crippen LogP contribution in [0.3, 0.4) is 0 Å². The Labute approximate surface area is 99.4 Å². The minimum absolute atomic E-state index is 0.0155. The summed E-state index contributed by atoms with van der Waals surface area (Å²) in [5.74, 6) is 0. The van der Waals surface area contributed by atoms with E-state index in [2.05, 4.69) is 39.4 Å². The quantitative estimate of drug-likeness (QED) is 0.865. The van der Waals surface area contributed by atoms with E-state index in [4.69, 9.17) is 5.73 Å². The van der Waals surface area contributed by atoms with Crippen LogP contribution in [0.15, 0.2) is 28.7 Å². The van der Waals surface area contributed by atoms with E-state index in [1.807, 2.05) is 6.07 Å². The fourth-order valence-corrected chi connectivity index (χ4v) is 3.00. The highest BCUT2D eigenvalue weighted by Crippen LogP contribution is 2.33. The van der Waals surface area contributed by atoms with E-state index in [1.165, 1.54) is 18.4 Å². The summed E-state index contributed by atoms with van der Waals surface area (Å²) in [6, 6.07) is 8.37. The highest BCUT2D eigenvalue weighted by atomic mass is 79.9. The zero-order valence-corrected chi connectivity index (χ0v) is 10.4. The Kier molecular flexibility index (Phi) is 3.44. The summed E-state index contributed by atoms with van der Waals surface area (Å²) in [7, 11) is 0. The van der Waals surface area contributed by atoms with Gasteiger partial charge in [-0.05, 0) is 37.4 Å². The molecule has 0 bridgehead atoms.